The number of aromatic nitrogens is 5. The zero-order valence-electron chi connectivity index (χ0n) is 20.7. The number of amides is 1. The van der Waals surface area contributed by atoms with Gasteiger partial charge in [0.2, 0.25) is 5.95 Å². The van der Waals surface area contributed by atoms with Crippen LogP contribution in [0.4, 0.5) is 21.7 Å². The number of anilines is 3. The van der Waals surface area contributed by atoms with Gasteiger partial charge in [0.15, 0.2) is 30.5 Å². The van der Waals surface area contributed by atoms with Gasteiger partial charge in [-0.3, -0.25) is 4.79 Å². The van der Waals surface area contributed by atoms with Crippen molar-refractivity contribution in [3.63, 3.8) is 0 Å². The van der Waals surface area contributed by atoms with E-state index >= 15 is 4.39 Å². The van der Waals surface area contributed by atoms with Crippen molar-refractivity contribution < 1.29 is 13.6 Å². The minimum absolute atomic E-state index is 0.0371. The molecule has 35 heavy (non-hydrogen) atoms. The second-order valence-corrected chi connectivity index (χ2v) is 15.5. The highest BCUT2D eigenvalue weighted by Crippen LogP contribution is 2.39. The van der Waals surface area contributed by atoms with Crippen LogP contribution in [0.1, 0.15) is 31.3 Å². The summed E-state index contributed by atoms with van der Waals surface area (Å²) in [5, 5.41) is 17.6. The molecule has 0 aliphatic carbocycles. The van der Waals surface area contributed by atoms with Gasteiger partial charge in [-0.25, -0.2) is 8.91 Å². The minimum atomic E-state index is -2.01. The number of hydrogen-bond acceptors (Lipinski definition) is 8. The number of carbonyl (C=O) groups excluding carboxylic acids is 1. The summed E-state index contributed by atoms with van der Waals surface area (Å²) in [7, 11) is -0.517. The van der Waals surface area contributed by atoms with Gasteiger partial charge in [0, 0.05) is 13.1 Å². The summed E-state index contributed by atoms with van der Waals surface area (Å²) in [5.41, 5.74) is 0.431. The van der Waals surface area contributed by atoms with Crippen molar-refractivity contribution in [2.45, 2.75) is 44.6 Å². The Labute approximate surface area is 209 Å². The summed E-state index contributed by atoms with van der Waals surface area (Å²) < 4.78 is 22.9. The molecule has 10 nitrogen and oxygen atoms in total. The van der Waals surface area contributed by atoms with Crippen molar-refractivity contribution in [3.05, 3.63) is 35.2 Å². The molecule has 0 unspecified atom stereocenters. The summed E-state index contributed by atoms with van der Waals surface area (Å²) >= 11 is 5.95. The smallest absolute Gasteiger partial charge is 0.273 e. The fraction of sp³-hybridized carbons (Fsp3) is 0.500. The summed E-state index contributed by atoms with van der Waals surface area (Å²) in [6, 6.07) is 5.15. The predicted molar refractivity (Wildman–Crippen MR) is 136 cm³/mol. The molecule has 0 aromatic carbocycles. The number of halogens is 2. The number of fused-ring (bicyclic) bond motifs is 1. The average Bonchev–Trinajstić information content (AvgIpc) is 3.16. The van der Waals surface area contributed by atoms with Crippen molar-refractivity contribution in [1.82, 2.24) is 30.1 Å². The topological polar surface area (TPSA) is 110 Å². The molecule has 0 bridgehead atoms. The Hall–Kier alpha value is -2.83. The van der Waals surface area contributed by atoms with Crippen LogP contribution in [0.15, 0.2) is 24.4 Å². The van der Waals surface area contributed by atoms with Crippen LogP contribution < -0.4 is 15.5 Å². The molecule has 1 saturated heterocycles. The van der Waals surface area contributed by atoms with Crippen LogP contribution >= 0.6 is 11.6 Å². The first-order valence-corrected chi connectivity index (χ1v) is 14.6. The van der Waals surface area contributed by atoms with Gasteiger partial charge in [-0.15, -0.1) is 15.3 Å². The van der Waals surface area contributed by atoms with Crippen LogP contribution in [-0.2, 0) is 4.43 Å². The zero-order chi connectivity index (χ0) is 25.6. The molecule has 1 aliphatic rings. The van der Waals surface area contributed by atoms with Gasteiger partial charge < -0.3 is 20.0 Å². The molecule has 2 N–H and O–H groups in total. The summed E-state index contributed by atoms with van der Waals surface area (Å²) in [5.74, 6) is -0.171. The van der Waals surface area contributed by atoms with E-state index in [2.05, 4.69) is 64.8 Å². The molecule has 3 aromatic heterocycles. The quantitative estimate of drug-likeness (QED) is 0.452. The summed E-state index contributed by atoms with van der Waals surface area (Å²) in [6.07, 6.45) is 1.79. The van der Waals surface area contributed by atoms with Crippen molar-refractivity contribution in [2.75, 3.05) is 37.0 Å². The normalized spacial score (nSPS) is 15.7. The standard InChI is InChI=1S/C22H30ClFN8O2Si/c1-21(2,3)35(5,6)34-13-22(24)11-31(12-22)14-7-8-17-27-20(30-32(17)10-14)26-15-9-16(23)28-29-18(15)19(33)25-4/h7-10H,11-13H2,1-6H3,(H,25,33)(H,26,28,30). The molecular formula is C22H30ClFN8O2Si. The molecule has 3 aromatic rings. The molecule has 4 heterocycles. The minimum Gasteiger partial charge on any atom is -0.413 e. The van der Waals surface area contributed by atoms with Gasteiger partial charge in [-0.1, -0.05) is 32.4 Å². The van der Waals surface area contributed by atoms with E-state index in [1.165, 1.54) is 13.1 Å². The molecule has 0 saturated carbocycles. The average molecular weight is 521 g/mol. The van der Waals surface area contributed by atoms with E-state index in [9.17, 15) is 4.79 Å². The SMILES string of the molecule is CNC(=O)c1nnc(Cl)cc1Nc1nc2ccc(N3CC(F)(CO[Si](C)(C)C(C)(C)C)C3)cn2n1. The first-order valence-electron chi connectivity index (χ1n) is 11.3. The first kappa shape index (κ1) is 25.3. The monoisotopic (exact) mass is 520 g/mol. The number of nitrogens with one attached hydrogen (secondary N) is 2. The molecule has 188 valence electrons. The third kappa shape index (κ3) is 5.24. The van der Waals surface area contributed by atoms with Gasteiger partial charge in [0.25, 0.3) is 5.91 Å². The number of rotatable bonds is 7. The van der Waals surface area contributed by atoms with Crippen molar-refractivity contribution in [2.24, 2.45) is 0 Å². The third-order valence-corrected chi connectivity index (χ3v) is 11.2. The Kier molecular flexibility index (Phi) is 6.49. The lowest BCUT2D eigenvalue weighted by molar-refractivity contribution is 0.0496. The van der Waals surface area contributed by atoms with Gasteiger partial charge >= 0.3 is 0 Å². The van der Waals surface area contributed by atoms with Crippen LogP contribution in [0, 0.1) is 0 Å². The van der Waals surface area contributed by atoms with Crippen LogP contribution in [-0.4, -0.2) is 71.4 Å². The molecule has 0 atom stereocenters. The molecule has 4 rings (SSSR count). The van der Waals surface area contributed by atoms with Crippen LogP contribution in [0.2, 0.25) is 23.3 Å². The van der Waals surface area contributed by atoms with Crippen molar-refractivity contribution in [1.29, 1.82) is 0 Å². The highest BCUT2D eigenvalue weighted by atomic mass is 35.5. The highest BCUT2D eigenvalue weighted by Gasteiger charge is 2.47. The number of carbonyl (C=O) groups is 1. The molecule has 1 aliphatic heterocycles. The largest absolute Gasteiger partial charge is 0.413 e. The van der Waals surface area contributed by atoms with E-state index in [4.69, 9.17) is 16.0 Å². The Bertz CT molecular complexity index is 1260. The fourth-order valence-corrected chi connectivity index (χ4v) is 4.62. The molecule has 13 heteroatoms. The second kappa shape index (κ2) is 8.99. The Balaban J connectivity index is 1.45. The summed E-state index contributed by atoms with van der Waals surface area (Å²) in [6.45, 7) is 11.3. The molecule has 1 amide bonds. The maximum atomic E-state index is 15.2. The third-order valence-electron chi connectivity index (χ3n) is 6.58. The Morgan fingerprint density at radius 3 is 2.66 bits per heavy atom. The molecule has 0 spiro atoms. The maximum Gasteiger partial charge on any atom is 0.273 e. The van der Waals surface area contributed by atoms with E-state index in [0.29, 0.717) is 11.3 Å². The predicted octanol–water partition coefficient (Wildman–Crippen LogP) is 3.83. The van der Waals surface area contributed by atoms with Crippen LogP contribution in [0.5, 0.6) is 0 Å². The van der Waals surface area contributed by atoms with E-state index in [-0.39, 0.29) is 41.5 Å². The fourth-order valence-electron chi connectivity index (χ4n) is 3.42. The number of pyridine rings is 1. The van der Waals surface area contributed by atoms with Gasteiger partial charge in [0.1, 0.15) is 0 Å². The van der Waals surface area contributed by atoms with Crippen LogP contribution in [0.3, 0.4) is 0 Å². The zero-order valence-corrected chi connectivity index (χ0v) is 22.4. The van der Waals surface area contributed by atoms with E-state index in [1.54, 1.807) is 16.8 Å². The Morgan fingerprint density at radius 1 is 1.29 bits per heavy atom. The number of alkyl halides is 1. The Morgan fingerprint density at radius 2 is 2.00 bits per heavy atom. The summed E-state index contributed by atoms with van der Waals surface area (Å²) in [4.78, 5) is 18.5. The van der Waals surface area contributed by atoms with E-state index in [1.807, 2.05) is 11.0 Å². The molecular weight excluding hydrogens is 491 g/mol. The first-order chi connectivity index (χ1) is 16.3. The maximum absolute atomic E-state index is 15.2. The van der Waals surface area contributed by atoms with E-state index < -0.39 is 19.9 Å². The number of nitrogens with zero attached hydrogens (tertiary/aromatic N) is 6. The highest BCUT2D eigenvalue weighted by molar-refractivity contribution is 6.74. The second-order valence-electron chi connectivity index (χ2n) is 10.3. The lowest BCUT2D eigenvalue weighted by Crippen LogP contribution is -2.63. The van der Waals surface area contributed by atoms with E-state index in [0.717, 1.165) is 5.69 Å². The number of hydrogen-bond donors (Lipinski definition) is 2. The van der Waals surface area contributed by atoms with Crippen LogP contribution in [0.25, 0.3) is 5.65 Å². The van der Waals surface area contributed by atoms with Gasteiger partial charge in [-0.05, 0) is 30.3 Å². The lowest BCUT2D eigenvalue weighted by atomic mass is 9.97. The lowest BCUT2D eigenvalue weighted by Gasteiger charge is -2.47. The van der Waals surface area contributed by atoms with Crippen molar-refractivity contribution in [3.8, 4) is 0 Å². The van der Waals surface area contributed by atoms with Gasteiger partial charge in [0.05, 0.1) is 37.3 Å². The van der Waals surface area contributed by atoms with Crippen molar-refractivity contribution >= 4 is 48.8 Å². The van der Waals surface area contributed by atoms with Gasteiger partial charge in [-0.2, -0.15) is 4.98 Å². The molecule has 0 radical (unpaired) electrons. The molecule has 1 fully saturated rings.